The minimum absolute atomic E-state index is 0.892. The zero-order chi connectivity index (χ0) is 11.8. The van der Waals surface area contributed by atoms with E-state index in [9.17, 15) is 9.90 Å². The molecule has 0 aliphatic heterocycles. The molecule has 0 aliphatic rings. The molecule has 0 fully saturated rings. The van der Waals surface area contributed by atoms with Crippen LogP contribution in [0.2, 0.25) is 0 Å². The quantitative estimate of drug-likeness (QED) is 0.541. The van der Waals surface area contributed by atoms with Crippen molar-refractivity contribution < 1.29 is 9.90 Å². The molecule has 0 spiro atoms. The summed E-state index contributed by atoms with van der Waals surface area (Å²) < 4.78 is 0. The minimum Gasteiger partial charge on any atom is -0.545 e. The van der Waals surface area contributed by atoms with Crippen molar-refractivity contribution in [2.75, 3.05) is 0 Å². The molecule has 1 rings (SSSR count). The molecule has 0 N–H and O–H groups in total. The van der Waals surface area contributed by atoms with E-state index in [1.54, 1.807) is 6.08 Å². The monoisotopic (exact) mass is 217 g/mol. The molecule has 0 aliphatic carbocycles. The summed E-state index contributed by atoms with van der Waals surface area (Å²) in [6.07, 6.45) is 7.39. The summed E-state index contributed by atoms with van der Waals surface area (Å²) in [6, 6.07) is 7.96. The summed E-state index contributed by atoms with van der Waals surface area (Å²) in [6.45, 7) is 2.19. The van der Waals surface area contributed by atoms with Crippen LogP contribution in [0.1, 0.15) is 37.3 Å². The first kappa shape index (κ1) is 12.5. The first-order valence-corrected chi connectivity index (χ1v) is 5.70. The van der Waals surface area contributed by atoms with E-state index in [2.05, 4.69) is 6.92 Å². The Morgan fingerprint density at radius 3 is 2.50 bits per heavy atom. The largest absolute Gasteiger partial charge is 0.545 e. The SMILES string of the molecule is CCCCCc1ccc(/C=C/C(=O)[O-])cc1. The smallest absolute Gasteiger partial charge is 0.0643 e. The number of unbranched alkanes of at least 4 members (excludes halogenated alkanes) is 2. The lowest BCUT2D eigenvalue weighted by atomic mass is 10.1. The standard InChI is InChI=1S/C14H18O2/c1-2-3-4-5-12-6-8-13(9-7-12)10-11-14(15)16/h6-11H,2-5H2,1H3,(H,15,16)/p-1/b11-10+. The molecule has 1 aromatic carbocycles. The van der Waals surface area contributed by atoms with Crippen molar-refractivity contribution in [3.63, 3.8) is 0 Å². The zero-order valence-corrected chi connectivity index (χ0v) is 9.61. The normalized spacial score (nSPS) is 10.8. The second-order valence-electron chi connectivity index (χ2n) is 3.85. The zero-order valence-electron chi connectivity index (χ0n) is 9.61. The maximum absolute atomic E-state index is 10.2. The number of carbonyl (C=O) groups is 1. The van der Waals surface area contributed by atoms with Crippen molar-refractivity contribution in [2.45, 2.75) is 32.6 Å². The van der Waals surface area contributed by atoms with Crippen LogP contribution in [0.5, 0.6) is 0 Å². The Morgan fingerprint density at radius 2 is 1.94 bits per heavy atom. The van der Waals surface area contributed by atoms with E-state index in [1.807, 2.05) is 24.3 Å². The summed E-state index contributed by atoms with van der Waals surface area (Å²) in [5, 5.41) is 10.2. The van der Waals surface area contributed by atoms with Gasteiger partial charge >= 0.3 is 0 Å². The highest BCUT2D eigenvalue weighted by atomic mass is 16.4. The Morgan fingerprint density at radius 1 is 1.25 bits per heavy atom. The number of hydrogen-bond donors (Lipinski definition) is 0. The van der Waals surface area contributed by atoms with E-state index in [0.717, 1.165) is 18.1 Å². The average molecular weight is 217 g/mol. The number of rotatable bonds is 6. The van der Waals surface area contributed by atoms with Gasteiger partial charge in [0.1, 0.15) is 0 Å². The first-order chi connectivity index (χ1) is 7.72. The molecule has 2 nitrogen and oxygen atoms in total. The summed E-state index contributed by atoms with van der Waals surface area (Å²) in [5.74, 6) is -1.16. The van der Waals surface area contributed by atoms with Crippen molar-refractivity contribution in [3.05, 3.63) is 41.5 Å². The van der Waals surface area contributed by atoms with Crippen LogP contribution in [-0.2, 0) is 11.2 Å². The predicted octanol–water partition coefficient (Wildman–Crippen LogP) is 2.18. The van der Waals surface area contributed by atoms with E-state index < -0.39 is 5.97 Å². The summed E-state index contributed by atoms with van der Waals surface area (Å²) in [5.41, 5.74) is 2.20. The molecule has 0 amide bonds. The van der Waals surface area contributed by atoms with Gasteiger partial charge in [-0.3, -0.25) is 0 Å². The summed E-state index contributed by atoms with van der Waals surface area (Å²) >= 11 is 0. The van der Waals surface area contributed by atoms with Gasteiger partial charge in [-0.1, -0.05) is 50.1 Å². The van der Waals surface area contributed by atoms with Crippen molar-refractivity contribution in [3.8, 4) is 0 Å². The fraction of sp³-hybridized carbons (Fsp3) is 0.357. The van der Waals surface area contributed by atoms with Gasteiger partial charge in [0.2, 0.25) is 0 Å². The molecule has 0 bridgehead atoms. The van der Waals surface area contributed by atoms with Crippen molar-refractivity contribution >= 4 is 12.0 Å². The average Bonchev–Trinajstić information content (AvgIpc) is 2.28. The second kappa shape index (κ2) is 6.83. The van der Waals surface area contributed by atoms with Crippen LogP contribution in [-0.4, -0.2) is 5.97 Å². The molecule has 0 saturated heterocycles. The number of carboxylic acids is 1. The highest BCUT2D eigenvalue weighted by Crippen LogP contribution is 2.09. The Hall–Kier alpha value is -1.57. The number of aryl methyl sites for hydroxylation is 1. The number of benzene rings is 1. The highest BCUT2D eigenvalue weighted by molar-refractivity contribution is 5.83. The fourth-order valence-electron chi connectivity index (χ4n) is 1.54. The topological polar surface area (TPSA) is 40.1 Å². The van der Waals surface area contributed by atoms with Crippen molar-refractivity contribution in [2.24, 2.45) is 0 Å². The molecule has 0 aromatic heterocycles. The Balaban J connectivity index is 2.51. The van der Waals surface area contributed by atoms with E-state index in [0.29, 0.717) is 0 Å². The molecule has 0 heterocycles. The van der Waals surface area contributed by atoms with Gasteiger partial charge in [-0.15, -0.1) is 0 Å². The van der Waals surface area contributed by atoms with Crippen molar-refractivity contribution in [1.82, 2.24) is 0 Å². The van der Waals surface area contributed by atoms with Gasteiger partial charge in [-0.25, -0.2) is 0 Å². The Bertz CT molecular complexity index is 350. The Kier molecular flexibility index (Phi) is 5.34. The summed E-state index contributed by atoms with van der Waals surface area (Å²) in [7, 11) is 0. The maximum Gasteiger partial charge on any atom is 0.0643 e. The third kappa shape index (κ3) is 4.78. The molecule has 0 unspecified atom stereocenters. The second-order valence-corrected chi connectivity index (χ2v) is 3.85. The van der Waals surface area contributed by atoms with Gasteiger partial charge < -0.3 is 9.90 Å². The highest BCUT2D eigenvalue weighted by Gasteiger charge is 1.93. The number of aliphatic carboxylic acids is 1. The van der Waals surface area contributed by atoms with E-state index in [4.69, 9.17) is 0 Å². The van der Waals surface area contributed by atoms with Crippen LogP contribution in [0, 0.1) is 0 Å². The predicted molar refractivity (Wildman–Crippen MR) is 63.7 cm³/mol. The van der Waals surface area contributed by atoms with Gasteiger partial charge in [0.25, 0.3) is 0 Å². The van der Waals surface area contributed by atoms with Crippen molar-refractivity contribution in [1.29, 1.82) is 0 Å². The lowest BCUT2D eigenvalue weighted by Crippen LogP contribution is -2.18. The van der Waals surface area contributed by atoms with E-state index in [1.165, 1.54) is 24.8 Å². The minimum atomic E-state index is -1.16. The third-order valence-corrected chi connectivity index (χ3v) is 2.46. The molecular weight excluding hydrogens is 200 g/mol. The van der Waals surface area contributed by atoms with Gasteiger partial charge in [0, 0.05) is 0 Å². The van der Waals surface area contributed by atoms with Gasteiger partial charge in [-0.2, -0.15) is 0 Å². The fourth-order valence-corrected chi connectivity index (χ4v) is 1.54. The maximum atomic E-state index is 10.2. The van der Waals surface area contributed by atoms with Gasteiger partial charge in [0.15, 0.2) is 0 Å². The first-order valence-electron chi connectivity index (χ1n) is 5.70. The molecule has 1 aromatic rings. The lowest BCUT2D eigenvalue weighted by molar-refractivity contribution is -0.297. The van der Waals surface area contributed by atoms with Gasteiger partial charge in [-0.05, 0) is 30.0 Å². The van der Waals surface area contributed by atoms with Crippen LogP contribution < -0.4 is 5.11 Å². The number of carbonyl (C=O) groups excluding carboxylic acids is 1. The molecule has 0 radical (unpaired) electrons. The lowest BCUT2D eigenvalue weighted by Gasteiger charge is -2.01. The Labute approximate surface area is 96.6 Å². The molecule has 0 saturated carbocycles. The third-order valence-electron chi connectivity index (χ3n) is 2.46. The molecule has 2 heteroatoms. The van der Waals surface area contributed by atoms with Crippen LogP contribution >= 0.6 is 0 Å². The van der Waals surface area contributed by atoms with Crippen LogP contribution in [0.4, 0.5) is 0 Å². The molecule has 0 atom stereocenters. The molecule has 86 valence electrons. The van der Waals surface area contributed by atoms with Gasteiger partial charge in [0.05, 0.1) is 5.97 Å². The van der Waals surface area contributed by atoms with E-state index in [-0.39, 0.29) is 0 Å². The van der Waals surface area contributed by atoms with Crippen LogP contribution in [0.3, 0.4) is 0 Å². The van der Waals surface area contributed by atoms with E-state index >= 15 is 0 Å². The molecule has 16 heavy (non-hydrogen) atoms. The number of hydrogen-bond acceptors (Lipinski definition) is 2. The number of carboxylic acid groups (broad SMARTS) is 1. The van der Waals surface area contributed by atoms with Crippen LogP contribution in [0.15, 0.2) is 30.3 Å². The molecular formula is C14H17O2-. The summed E-state index contributed by atoms with van der Waals surface area (Å²) in [4.78, 5) is 10.2. The van der Waals surface area contributed by atoms with Crippen LogP contribution in [0.25, 0.3) is 6.08 Å².